The van der Waals surface area contributed by atoms with Crippen LogP contribution in [-0.2, 0) is 23.4 Å². The van der Waals surface area contributed by atoms with Gasteiger partial charge in [-0.3, -0.25) is 24.3 Å². The van der Waals surface area contributed by atoms with Gasteiger partial charge in [-0.2, -0.15) is 0 Å². The number of nitrogens with one attached hydrogen (secondary N) is 1. The first-order valence-corrected chi connectivity index (χ1v) is 16.2. The summed E-state index contributed by atoms with van der Waals surface area (Å²) in [5, 5.41) is 3.09. The molecule has 232 valence electrons. The Morgan fingerprint density at radius 2 is 1.52 bits per heavy atom. The van der Waals surface area contributed by atoms with Crippen molar-refractivity contribution >= 4 is 28.7 Å². The number of ether oxygens (including phenoxy) is 1. The molecule has 2 amide bonds. The van der Waals surface area contributed by atoms with Crippen LogP contribution in [0.3, 0.4) is 0 Å². The number of rotatable bonds is 10. The number of likely N-dealkylation sites (tertiary alicyclic amines) is 2. The fourth-order valence-corrected chi connectivity index (χ4v) is 6.29. The van der Waals surface area contributed by atoms with E-state index < -0.39 is 11.1 Å². The van der Waals surface area contributed by atoms with E-state index in [1.165, 1.54) is 11.8 Å². The van der Waals surface area contributed by atoms with Crippen LogP contribution in [0.5, 0.6) is 5.75 Å². The molecule has 3 aromatic rings. The quantitative estimate of drug-likeness (QED) is 0.258. The molecule has 0 aliphatic carbocycles. The number of methoxy groups -OCH3 is 1. The first-order chi connectivity index (χ1) is 21.3. The summed E-state index contributed by atoms with van der Waals surface area (Å²) in [5.74, 6) is 0.303. The Kier molecular flexibility index (Phi) is 10.5. The van der Waals surface area contributed by atoms with Crippen LogP contribution < -0.4 is 10.1 Å². The highest BCUT2D eigenvalue weighted by Gasteiger charge is 2.29. The van der Waals surface area contributed by atoms with E-state index in [0.717, 1.165) is 38.2 Å². The minimum atomic E-state index is -1.93. The number of aromatic nitrogens is 1. The summed E-state index contributed by atoms with van der Waals surface area (Å²) < 4.78 is 25.3. The van der Waals surface area contributed by atoms with Crippen molar-refractivity contribution in [2.75, 3.05) is 33.3 Å². The van der Waals surface area contributed by atoms with Gasteiger partial charge in [-0.25, -0.2) is 4.21 Å². The molecule has 1 unspecified atom stereocenters. The fraction of sp³-hybridized carbons (Fsp3) is 0.394. The van der Waals surface area contributed by atoms with Crippen LogP contribution in [0.1, 0.15) is 68.0 Å². The van der Waals surface area contributed by atoms with E-state index in [0.29, 0.717) is 42.6 Å². The van der Waals surface area contributed by atoms with Gasteiger partial charge in [0.2, 0.25) is 0 Å². The van der Waals surface area contributed by atoms with Gasteiger partial charge >= 0.3 is 0 Å². The van der Waals surface area contributed by atoms with Crippen molar-refractivity contribution in [1.29, 1.82) is 0 Å². The number of hydrogen-bond acceptors (Lipinski definition) is 7. The van der Waals surface area contributed by atoms with Crippen LogP contribution in [0.15, 0.2) is 66.9 Å². The number of amides is 2. The van der Waals surface area contributed by atoms with Gasteiger partial charge in [0, 0.05) is 56.4 Å². The molecule has 2 aliphatic heterocycles. The summed E-state index contributed by atoms with van der Waals surface area (Å²) in [6, 6.07) is 18.2. The molecule has 0 radical (unpaired) electrons. The van der Waals surface area contributed by atoms with Crippen molar-refractivity contribution in [2.24, 2.45) is 5.92 Å². The Morgan fingerprint density at radius 3 is 2.11 bits per heavy atom. The Bertz CT molecular complexity index is 1460. The van der Waals surface area contributed by atoms with Crippen molar-refractivity contribution in [3.63, 3.8) is 0 Å². The molecule has 1 atom stereocenters. The average Bonchev–Trinajstić information content (AvgIpc) is 3.05. The minimum absolute atomic E-state index is 0.0220. The summed E-state index contributed by atoms with van der Waals surface area (Å²) in [5.41, 5.74) is 3.19. The molecule has 0 saturated carbocycles. The van der Waals surface area contributed by atoms with Crippen LogP contribution in [0, 0.1) is 5.92 Å². The molecule has 2 fully saturated rings. The van der Waals surface area contributed by atoms with E-state index in [9.17, 15) is 18.6 Å². The second-order valence-electron chi connectivity index (χ2n) is 11.4. The standard InChI is InChI=1S/C33H38N4O6S/c1-43-29-9-4-23(5-10-29)21-36-16-14-28(15-17-36)35-32(39)30-11-8-27(20-34-30)33(40)37-18-12-26(13-19-37)31(38)25-6-2-24(3-7-25)22-44(41)42/h2-11,20,26,28H,12-19,21-22H2,1H3,(H,35,39)(H,41,42). The van der Waals surface area contributed by atoms with Crippen LogP contribution in [0.4, 0.5) is 0 Å². The molecule has 5 rings (SSSR count). The Morgan fingerprint density at radius 1 is 0.886 bits per heavy atom. The summed E-state index contributed by atoms with van der Waals surface area (Å²) in [4.78, 5) is 47.3. The third-order valence-corrected chi connectivity index (χ3v) is 8.99. The Hall–Kier alpha value is -3.93. The number of benzene rings is 2. The van der Waals surface area contributed by atoms with Crippen LogP contribution in [-0.4, -0.2) is 80.5 Å². The van der Waals surface area contributed by atoms with E-state index in [4.69, 9.17) is 9.29 Å². The van der Waals surface area contributed by atoms with Gasteiger partial charge in [-0.1, -0.05) is 36.4 Å². The normalized spacial score (nSPS) is 17.2. The van der Waals surface area contributed by atoms with E-state index in [-0.39, 0.29) is 41.0 Å². The maximum absolute atomic E-state index is 13.1. The fourth-order valence-electron chi connectivity index (χ4n) is 5.81. The molecule has 2 N–H and O–H groups in total. The lowest BCUT2D eigenvalue weighted by atomic mass is 9.88. The molecule has 3 heterocycles. The van der Waals surface area contributed by atoms with Gasteiger partial charge in [-0.05, 0) is 61.1 Å². The van der Waals surface area contributed by atoms with Crippen molar-refractivity contribution < 1.29 is 27.9 Å². The van der Waals surface area contributed by atoms with Gasteiger partial charge in [-0.15, -0.1) is 0 Å². The Labute approximate surface area is 260 Å². The number of carbonyl (C=O) groups is 3. The maximum atomic E-state index is 13.1. The molecule has 2 aliphatic rings. The first kappa shape index (κ1) is 31.5. The van der Waals surface area contributed by atoms with Crippen molar-refractivity contribution in [3.05, 3.63) is 94.8 Å². The number of nitrogens with zero attached hydrogens (tertiary/aromatic N) is 3. The van der Waals surface area contributed by atoms with E-state index >= 15 is 0 Å². The molecular weight excluding hydrogens is 580 g/mol. The molecule has 1 aromatic heterocycles. The SMILES string of the molecule is COc1ccc(CN2CCC(NC(=O)c3ccc(C(=O)N4CCC(C(=O)c5ccc(CS(=O)O)cc5)CC4)cn3)CC2)cc1. The zero-order valence-corrected chi connectivity index (χ0v) is 25.6. The summed E-state index contributed by atoms with van der Waals surface area (Å²) in [7, 11) is 1.66. The van der Waals surface area contributed by atoms with Gasteiger partial charge in [0.05, 0.1) is 18.4 Å². The van der Waals surface area contributed by atoms with Crippen molar-refractivity contribution in [2.45, 2.75) is 44.0 Å². The molecule has 44 heavy (non-hydrogen) atoms. The van der Waals surface area contributed by atoms with Crippen LogP contribution in [0.25, 0.3) is 0 Å². The first-order valence-electron chi connectivity index (χ1n) is 14.9. The third-order valence-electron chi connectivity index (χ3n) is 8.41. The molecular formula is C33H38N4O6S. The van der Waals surface area contributed by atoms with Gasteiger partial charge in [0.25, 0.3) is 11.8 Å². The number of hydrogen-bond donors (Lipinski definition) is 2. The number of ketones is 1. The van der Waals surface area contributed by atoms with Gasteiger partial charge < -0.3 is 19.5 Å². The highest BCUT2D eigenvalue weighted by atomic mass is 32.2. The average molecular weight is 619 g/mol. The molecule has 11 heteroatoms. The summed E-state index contributed by atoms with van der Waals surface area (Å²) >= 11 is -1.93. The zero-order chi connectivity index (χ0) is 31.1. The lowest BCUT2D eigenvalue weighted by Gasteiger charge is -2.32. The second-order valence-corrected chi connectivity index (χ2v) is 12.3. The molecule has 2 aromatic carbocycles. The number of piperidine rings is 2. The van der Waals surface area contributed by atoms with Gasteiger partial charge in [0.1, 0.15) is 11.4 Å². The molecule has 0 bridgehead atoms. The largest absolute Gasteiger partial charge is 0.497 e. The Balaban J connectivity index is 1.06. The number of carbonyl (C=O) groups excluding carboxylic acids is 3. The second kappa shape index (κ2) is 14.7. The lowest BCUT2D eigenvalue weighted by Crippen LogP contribution is -2.44. The van der Waals surface area contributed by atoms with Crippen LogP contribution in [0.2, 0.25) is 0 Å². The monoisotopic (exact) mass is 618 g/mol. The zero-order valence-electron chi connectivity index (χ0n) is 24.8. The summed E-state index contributed by atoms with van der Waals surface area (Å²) in [6.07, 6.45) is 4.27. The van der Waals surface area contributed by atoms with Crippen molar-refractivity contribution in [3.8, 4) is 5.75 Å². The predicted octanol–water partition coefficient (Wildman–Crippen LogP) is 3.94. The topological polar surface area (TPSA) is 129 Å². The highest BCUT2D eigenvalue weighted by molar-refractivity contribution is 7.78. The van der Waals surface area contributed by atoms with E-state index in [1.807, 2.05) is 12.1 Å². The van der Waals surface area contributed by atoms with Gasteiger partial charge in [0.15, 0.2) is 16.9 Å². The van der Waals surface area contributed by atoms with E-state index in [1.54, 1.807) is 48.4 Å². The third kappa shape index (κ3) is 8.16. The minimum Gasteiger partial charge on any atom is -0.497 e. The van der Waals surface area contributed by atoms with Crippen LogP contribution >= 0.6 is 0 Å². The van der Waals surface area contributed by atoms with Crippen molar-refractivity contribution in [1.82, 2.24) is 20.1 Å². The predicted molar refractivity (Wildman–Crippen MR) is 167 cm³/mol. The molecule has 10 nitrogen and oxygen atoms in total. The number of pyridine rings is 1. The molecule has 0 spiro atoms. The highest BCUT2D eigenvalue weighted by Crippen LogP contribution is 2.24. The summed E-state index contributed by atoms with van der Waals surface area (Å²) in [6.45, 7) is 3.55. The number of Topliss-reactive ketones (excluding diaryl/α,β-unsaturated/α-hetero) is 1. The van der Waals surface area contributed by atoms with E-state index in [2.05, 4.69) is 27.3 Å². The lowest BCUT2D eigenvalue weighted by molar-refractivity contribution is 0.0649. The maximum Gasteiger partial charge on any atom is 0.270 e. The molecule has 2 saturated heterocycles. The smallest absolute Gasteiger partial charge is 0.270 e.